The summed E-state index contributed by atoms with van der Waals surface area (Å²) in [6.07, 6.45) is 3.19. The van der Waals surface area contributed by atoms with E-state index in [9.17, 15) is 14.7 Å². The molecule has 1 aliphatic carbocycles. The van der Waals surface area contributed by atoms with Gasteiger partial charge in [0.1, 0.15) is 5.75 Å². The Kier molecular flexibility index (Phi) is 3.05. The van der Waals surface area contributed by atoms with E-state index >= 15 is 0 Å². The van der Waals surface area contributed by atoms with Crippen LogP contribution in [0.25, 0.3) is 0 Å². The molecular weight excluding hydrogens is 278 g/mol. The summed E-state index contributed by atoms with van der Waals surface area (Å²) >= 11 is 5.90. The van der Waals surface area contributed by atoms with Gasteiger partial charge >= 0.3 is 0 Å². The number of amides is 2. The predicted molar refractivity (Wildman–Crippen MR) is 75.6 cm³/mol. The van der Waals surface area contributed by atoms with Crippen LogP contribution in [-0.2, 0) is 9.59 Å². The molecule has 2 amide bonds. The maximum atomic E-state index is 12.5. The molecule has 0 bridgehead atoms. The summed E-state index contributed by atoms with van der Waals surface area (Å²) in [4.78, 5) is 26.0. The van der Waals surface area contributed by atoms with E-state index < -0.39 is 0 Å². The molecule has 0 saturated carbocycles. The Morgan fingerprint density at radius 1 is 1.25 bits per heavy atom. The topological polar surface area (TPSA) is 57.6 Å². The number of nitrogens with zero attached hydrogens (tertiary/aromatic N) is 1. The fraction of sp³-hybridized carbons (Fsp3) is 0.333. The lowest BCUT2D eigenvalue weighted by Crippen LogP contribution is -2.30. The quantitative estimate of drug-likeness (QED) is 0.639. The minimum absolute atomic E-state index is 0.112. The lowest BCUT2D eigenvalue weighted by atomic mass is 9.82. The fourth-order valence-electron chi connectivity index (χ4n) is 2.95. The number of fused-ring (bicyclic) bond motifs is 1. The highest BCUT2D eigenvalue weighted by atomic mass is 35.5. The van der Waals surface area contributed by atoms with E-state index in [4.69, 9.17) is 11.6 Å². The number of anilines is 1. The zero-order valence-electron chi connectivity index (χ0n) is 11.0. The van der Waals surface area contributed by atoms with Crippen LogP contribution in [0.3, 0.4) is 0 Å². The number of phenolic OH excluding ortho intramolecular Hbond substituents is 1. The van der Waals surface area contributed by atoms with Crippen molar-refractivity contribution < 1.29 is 14.7 Å². The summed E-state index contributed by atoms with van der Waals surface area (Å²) in [6, 6.07) is 4.36. The van der Waals surface area contributed by atoms with E-state index in [2.05, 4.69) is 0 Å². The second-order valence-electron chi connectivity index (χ2n) is 5.35. The van der Waals surface area contributed by atoms with Crippen LogP contribution in [0.15, 0.2) is 29.8 Å². The Balaban J connectivity index is 2.02. The van der Waals surface area contributed by atoms with Gasteiger partial charge in [-0.2, -0.15) is 0 Å². The van der Waals surface area contributed by atoms with E-state index in [0.29, 0.717) is 17.9 Å². The van der Waals surface area contributed by atoms with Crippen LogP contribution in [0, 0.1) is 11.8 Å². The number of halogens is 1. The lowest BCUT2D eigenvalue weighted by Gasteiger charge is -2.18. The molecule has 1 N–H and O–H groups in total. The highest BCUT2D eigenvalue weighted by Gasteiger charge is 2.49. The average molecular weight is 292 g/mol. The maximum absolute atomic E-state index is 12.5. The molecule has 1 aromatic carbocycles. The Morgan fingerprint density at radius 2 is 1.95 bits per heavy atom. The van der Waals surface area contributed by atoms with Gasteiger partial charge < -0.3 is 5.11 Å². The molecule has 3 rings (SSSR count). The Labute approximate surface area is 121 Å². The molecule has 0 radical (unpaired) electrons. The van der Waals surface area contributed by atoms with Gasteiger partial charge in [-0.3, -0.25) is 9.59 Å². The van der Waals surface area contributed by atoms with E-state index in [1.807, 2.05) is 13.0 Å². The zero-order valence-corrected chi connectivity index (χ0v) is 11.7. The molecule has 0 unspecified atom stereocenters. The van der Waals surface area contributed by atoms with Crippen LogP contribution in [0.2, 0.25) is 5.02 Å². The van der Waals surface area contributed by atoms with Gasteiger partial charge in [0.15, 0.2) is 0 Å². The number of allylic oxidation sites excluding steroid dienone is 2. The third-order valence-corrected chi connectivity index (χ3v) is 4.24. The molecule has 1 aliphatic heterocycles. The van der Waals surface area contributed by atoms with Gasteiger partial charge in [-0.1, -0.05) is 23.3 Å². The maximum Gasteiger partial charge on any atom is 0.238 e. The van der Waals surface area contributed by atoms with E-state index in [1.165, 1.54) is 18.2 Å². The summed E-state index contributed by atoms with van der Waals surface area (Å²) in [5.41, 5.74) is 1.31. The van der Waals surface area contributed by atoms with Gasteiger partial charge in [-0.15, -0.1) is 0 Å². The molecule has 2 aliphatic rings. The van der Waals surface area contributed by atoms with Gasteiger partial charge in [0.25, 0.3) is 0 Å². The highest BCUT2D eigenvalue weighted by Crippen LogP contribution is 2.42. The Morgan fingerprint density at radius 3 is 2.70 bits per heavy atom. The number of aromatic hydroxyl groups is 1. The minimum atomic E-state index is -0.315. The van der Waals surface area contributed by atoms with Crippen molar-refractivity contribution in [2.75, 3.05) is 4.90 Å². The van der Waals surface area contributed by atoms with Gasteiger partial charge in [0, 0.05) is 5.02 Å². The number of carbonyl (C=O) groups is 2. The van der Waals surface area contributed by atoms with Crippen LogP contribution < -0.4 is 4.90 Å². The van der Waals surface area contributed by atoms with Gasteiger partial charge in [-0.05, 0) is 38.0 Å². The summed E-state index contributed by atoms with van der Waals surface area (Å²) in [7, 11) is 0. The van der Waals surface area contributed by atoms with Crippen LogP contribution in [-0.4, -0.2) is 16.9 Å². The highest BCUT2D eigenvalue weighted by molar-refractivity contribution is 6.31. The smallest absolute Gasteiger partial charge is 0.238 e. The first-order valence-electron chi connectivity index (χ1n) is 6.51. The molecule has 1 aromatic rings. The normalized spacial score (nSPS) is 25.7. The molecule has 1 fully saturated rings. The molecule has 20 heavy (non-hydrogen) atoms. The number of carbonyl (C=O) groups excluding carboxylic acids is 2. The standard InChI is InChI=1S/C15H14ClNO3/c1-8-2-4-10-11(6-8)15(20)17(14(10)19)12-7-9(16)3-5-13(12)18/h2-3,5,7,10-11,18H,4,6H2,1H3/t10-,11-/m0/s1. The first-order chi connectivity index (χ1) is 9.49. The van der Waals surface area contributed by atoms with Crippen molar-refractivity contribution in [3.63, 3.8) is 0 Å². The molecule has 2 atom stereocenters. The molecular formula is C15H14ClNO3. The Hall–Kier alpha value is -1.81. The lowest BCUT2D eigenvalue weighted by molar-refractivity contribution is -0.122. The van der Waals surface area contributed by atoms with Gasteiger partial charge in [0.2, 0.25) is 11.8 Å². The van der Waals surface area contributed by atoms with E-state index in [-0.39, 0.29) is 35.1 Å². The van der Waals surface area contributed by atoms with Gasteiger partial charge in [-0.25, -0.2) is 4.90 Å². The van der Waals surface area contributed by atoms with E-state index in [1.54, 1.807) is 0 Å². The molecule has 5 heteroatoms. The number of hydrogen-bond donors (Lipinski definition) is 1. The number of benzene rings is 1. The molecule has 104 valence electrons. The fourth-order valence-corrected chi connectivity index (χ4v) is 3.12. The second kappa shape index (κ2) is 4.63. The van der Waals surface area contributed by atoms with Crippen molar-refractivity contribution >= 4 is 29.1 Å². The van der Waals surface area contributed by atoms with Crippen molar-refractivity contribution in [1.82, 2.24) is 0 Å². The molecule has 0 aromatic heterocycles. The van der Waals surface area contributed by atoms with Crippen LogP contribution in [0.1, 0.15) is 19.8 Å². The summed E-state index contributed by atoms with van der Waals surface area (Å²) in [5, 5.41) is 10.3. The SMILES string of the molecule is CC1=CC[C@@H]2C(=O)N(c3cc(Cl)ccc3O)C(=O)[C@H]2C1. The number of hydrogen-bond acceptors (Lipinski definition) is 3. The number of phenols is 1. The molecule has 4 nitrogen and oxygen atoms in total. The van der Waals surface area contributed by atoms with Crippen molar-refractivity contribution in [1.29, 1.82) is 0 Å². The predicted octanol–water partition coefficient (Wildman–Crippen LogP) is 2.89. The summed E-state index contributed by atoms with van der Waals surface area (Å²) in [5.74, 6) is -1.23. The zero-order chi connectivity index (χ0) is 14.4. The minimum Gasteiger partial charge on any atom is -0.506 e. The second-order valence-corrected chi connectivity index (χ2v) is 5.78. The first kappa shape index (κ1) is 13.2. The molecule has 1 saturated heterocycles. The monoisotopic (exact) mass is 291 g/mol. The van der Waals surface area contributed by atoms with Gasteiger partial charge in [0.05, 0.1) is 17.5 Å². The van der Waals surface area contributed by atoms with E-state index in [0.717, 1.165) is 10.5 Å². The first-order valence-corrected chi connectivity index (χ1v) is 6.89. The van der Waals surface area contributed by atoms with Crippen LogP contribution >= 0.6 is 11.6 Å². The van der Waals surface area contributed by atoms with Crippen molar-refractivity contribution in [2.45, 2.75) is 19.8 Å². The molecule has 1 heterocycles. The van der Waals surface area contributed by atoms with Crippen molar-refractivity contribution in [2.24, 2.45) is 11.8 Å². The third kappa shape index (κ3) is 1.91. The average Bonchev–Trinajstić information content (AvgIpc) is 2.65. The summed E-state index contributed by atoms with van der Waals surface area (Å²) < 4.78 is 0. The number of imide groups is 1. The van der Waals surface area contributed by atoms with Crippen LogP contribution in [0.5, 0.6) is 5.75 Å². The largest absolute Gasteiger partial charge is 0.506 e. The summed E-state index contributed by atoms with van der Waals surface area (Å²) in [6.45, 7) is 1.97. The number of rotatable bonds is 1. The van der Waals surface area contributed by atoms with Crippen LogP contribution in [0.4, 0.5) is 5.69 Å². The third-order valence-electron chi connectivity index (χ3n) is 4.00. The Bertz CT molecular complexity index is 638. The van der Waals surface area contributed by atoms with Crippen molar-refractivity contribution in [3.05, 3.63) is 34.9 Å². The van der Waals surface area contributed by atoms with Crippen molar-refractivity contribution in [3.8, 4) is 5.75 Å². The molecule has 0 spiro atoms.